The van der Waals surface area contributed by atoms with Crippen LogP contribution >= 0.6 is 11.8 Å². The summed E-state index contributed by atoms with van der Waals surface area (Å²) < 4.78 is 7.06. The SMILES string of the molecule is CCCn1c(SCC(=O)Nc2ccc(CN3CCOCC3)cc2)nc2ccccc2c1=O. The molecular weight excluding hydrogens is 424 g/mol. The summed E-state index contributed by atoms with van der Waals surface area (Å²) in [6.07, 6.45) is 0.816. The maximum absolute atomic E-state index is 12.8. The Morgan fingerprint density at radius 2 is 1.88 bits per heavy atom. The first-order valence-corrected chi connectivity index (χ1v) is 11.9. The summed E-state index contributed by atoms with van der Waals surface area (Å²) in [6.45, 7) is 6.93. The zero-order valence-corrected chi connectivity index (χ0v) is 19.1. The number of amides is 1. The molecule has 0 radical (unpaired) electrons. The highest BCUT2D eigenvalue weighted by atomic mass is 32.2. The van der Waals surface area contributed by atoms with Gasteiger partial charge >= 0.3 is 0 Å². The van der Waals surface area contributed by atoms with Gasteiger partial charge in [-0.2, -0.15) is 0 Å². The zero-order chi connectivity index (χ0) is 22.3. The van der Waals surface area contributed by atoms with E-state index in [1.807, 2.05) is 49.4 Å². The molecule has 3 aromatic rings. The molecule has 7 nitrogen and oxygen atoms in total. The van der Waals surface area contributed by atoms with Gasteiger partial charge in [-0.3, -0.25) is 19.1 Å². The molecule has 0 atom stereocenters. The van der Waals surface area contributed by atoms with Crippen molar-refractivity contribution in [2.45, 2.75) is 31.6 Å². The Morgan fingerprint density at radius 1 is 1.12 bits per heavy atom. The quantitative estimate of drug-likeness (QED) is 0.417. The zero-order valence-electron chi connectivity index (χ0n) is 18.3. The van der Waals surface area contributed by atoms with Crippen molar-refractivity contribution in [3.05, 3.63) is 64.4 Å². The molecule has 1 aromatic heterocycles. The fourth-order valence-electron chi connectivity index (χ4n) is 3.72. The predicted octanol–water partition coefficient (Wildman–Crippen LogP) is 3.37. The number of para-hydroxylation sites is 1. The van der Waals surface area contributed by atoms with Crippen LogP contribution in [0.3, 0.4) is 0 Å². The van der Waals surface area contributed by atoms with Crippen LogP contribution in [0.4, 0.5) is 5.69 Å². The van der Waals surface area contributed by atoms with Gasteiger partial charge in [0.1, 0.15) is 0 Å². The normalized spacial score (nSPS) is 14.5. The second-order valence-electron chi connectivity index (χ2n) is 7.79. The summed E-state index contributed by atoms with van der Waals surface area (Å²) in [4.78, 5) is 32.4. The molecule has 1 aliphatic rings. The molecule has 1 N–H and O–H groups in total. The lowest BCUT2D eigenvalue weighted by atomic mass is 10.2. The molecule has 2 aromatic carbocycles. The molecule has 0 saturated carbocycles. The van der Waals surface area contributed by atoms with E-state index in [9.17, 15) is 9.59 Å². The number of benzene rings is 2. The van der Waals surface area contributed by atoms with E-state index in [-0.39, 0.29) is 17.2 Å². The number of aromatic nitrogens is 2. The molecule has 0 bridgehead atoms. The number of thioether (sulfide) groups is 1. The molecule has 32 heavy (non-hydrogen) atoms. The van der Waals surface area contributed by atoms with Crippen molar-refractivity contribution in [1.29, 1.82) is 0 Å². The van der Waals surface area contributed by atoms with Crippen molar-refractivity contribution in [1.82, 2.24) is 14.5 Å². The van der Waals surface area contributed by atoms with Crippen molar-refractivity contribution >= 4 is 34.3 Å². The minimum Gasteiger partial charge on any atom is -0.379 e. The Kier molecular flexibility index (Phi) is 7.57. The van der Waals surface area contributed by atoms with Crippen LogP contribution in [0.25, 0.3) is 10.9 Å². The van der Waals surface area contributed by atoms with E-state index in [1.54, 1.807) is 10.6 Å². The maximum atomic E-state index is 12.8. The number of fused-ring (bicyclic) bond motifs is 1. The summed E-state index contributed by atoms with van der Waals surface area (Å²) in [7, 11) is 0. The number of hydrogen-bond donors (Lipinski definition) is 1. The lowest BCUT2D eigenvalue weighted by molar-refractivity contribution is -0.113. The van der Waals surface area contributed by atoms with Crippen molar-refractivity contribution in [3.63, 3.8) is 0 Å². The van der Waals surface area contributed by atoms with E-state index in [0.29, 0.717) is 22.6 Å². The van der Waals surface area contributed by atoms with Gasteiger partial charge in [0.15, 0.2) is 5.16 Å². The summed E-state index contributed by atoms with van der Waals surface area (Å²) in [5.74, 6) is 0.0608. The van der Waals surface area contributed by atoms with E-state index in [1.165, 1.54) is 17.3 Å². The molecule has 1 fully saturated rings. The summed E-state index contributed by atoms with van der Waals surface area (Å²) in [5, 5.41) is 4.12. The first-order chi connectivity index (χ1) is 15.6. The Labute approximate surface area is 191 Å². The minimum atomic E-state index is -0.124. The summed E-state index contributed by atoms with van der Waals surface area (Å²) >= 11 is 1.29. The lowest BCUT2D eigenvalue weighted by Gasteiger charge is -2.26. The topological polar surface area (TPSA) is 76.5 Å². The number of hydrogen-bond acceptors (Lipinski definition) is 6. The van der Waals surface area contributed by atoms with Crippen LogP contribution in [0.5, 0.6) is 0 Å². The van der Waals surface area contributed by atoms with Gasteiger partial charge in [0.2, 0.25) is 5.91 Å². The minimum absolute atomic E-state index is 0.0591. The van der Waals surface area contributed by atoms with Gasteiger partial charge in [-0.05, 0) is 36.2 Å². The standard InChI is InChI=1S/C24H28N4O3S/c1-2-11-28-23(30)20-5-3-4-6-21(20)26-24(28)32-17-22(29)25-19-9-7-18(8-10-19)16-27-12-14-31-15-13-27/h3-10H,2,11-17H2,1H3,(H,25,29). The van der Waals surface area contributed by atoms with E-state index in [4.69, 9.17) is 4.74 Å². The van der Waals surface area contributed by atoms with Gasteiger partial charge in [-0.25, -0.2) is 4.98 Å². The number of morpholine rings is 1. The number of nitrogens with one attached hydrogen (secondary N) is 1. The first kappa shape index (κ1) is 22.5. The van der Waals surface area contributed by atoms with Gasteiger partial charge in [0.25, 0.3) is 5.56 Å². The third kappa shape index (κ3) is 5.56. The van der Waals surface area contributed by atoms with Gasteiger partial charge in [0, 0.05) is 31.9 Å². The number of nitrogens with zero attached hydrogens (tertiary/aromatic N) is 3. The van der Waals surface area contributed by atoms with Crippen LogP contribution in [0.1, 0.15) is 18.9 Å². The van der Waals surface area contributed by atoms with Gasteiger partial charge in [-0.1, -0.05) is 43.0 Å². The molecule has 168 valence electrons. The van der Waals surface area contributed by atoms with Gasteiger partial charge < -0.3 is 10.1 Å². The molecule has 0 unspecified atom stereocenters. The van der Waals surface area contributed by atoms with Crippen LogP contribution in [0, 0.1) is 0 Å². The molecule has 4 rings (SSSR count). The van der Waals surface area contributed by atoms with Crippen molar-refractivity contribution in [2.24, 2.45) is 0 Å². The number of anilines is 1. The second kappa shape index (κ2) is 10.8. The largest absolute Gasteiger partial charge is 0.379 e. The number of carbonyl (C=O) groups excluding carboxylic acids is 1. The van der Waals surface area contributed by atoms with Crippen molar-refractivity contribution in [3.8, 4) is 0 Å². The first-order valence-electron chi connectivity index (χ1n) is 11.0. The predicted molar refractivity (Wildman–Crippen MR) is 128 cm³/mol. The van der Waals surface area contributed by atoms with Gasteiger partial charge in [0.05, 0.1) is 29.9 Å². The monoisotopic (exact) mass is 452 g/mol. The van der Waals surface area contributed by atoms with Crippen LogP contribution in [0.2, 0.25) is 0 Å². The lowest BCUT2D eigenvalue weighted by Crippen LogP contribution is -2.35. The number of ether oxygens (including phenoxy) is 1. The number of carbonyl (C=O) groups is 1. The average molecular weight is 453 g/mol. The third-order valence-corrected chi connectivity index (χ3v) is 6.33. The number of rotatable bonds is 8. The smallest absolute Gasteiger partial charge is 0.262 e. The molecule has 1 amide bonds. The Balaban J connectivity index is 1.38. The molecular formula is C24H28N4O3S. The van der Waals surface area contributed by atoms with E-state index in [0.717, 1.165) is 45.0 Å². The highest BCUT2D eigenvalue weighted by Gasteiger charge is 2.14. The maximum Gasteiger partial charge on any atom is 0.262 e. The van der Waals surface area contributed by atoms with Crippen molar-refractivity contribution in [2.75, 3.05) is 37.4 Å². The van der Waals surface area contributed by atoms with E-state index in [2.05, 4.69) is 15.2 Å². The van der Waals surface area contributed by atoms with Crippen LogP contribution in [-0.4, -0.2) is 52.4 Å². The van der Waals surface area contributed by atoms with Crippen molar-refractivity contribution < 1.29 is 9.53 Å². The van der Waals surface area contributed by atoms with Crippen LogP contribution in [-0.2, 0) is 22.6 Å². The fourth-order valence-corrected chi connectivity index (χ4v) is 4.54. The molecule has 1 saturated heterocycles. The van der Waals surface area contributed by atoms with Gasteiger partial charge in [-0.15, -0.1) is 0 Å². The Bertz CT molecular complexity index is 1120. The molecule has 0 aliphatic carbocycles. The van der Waals surface area contributed by atoms with E-state index >= 15 is 0 Å². The fraction of sp³-hybridized carbons (Fsp3) is 0.375. The van der Waals surface area contributed by atoms with E-state index < -0.39 is 0 Å². The summed E-state index contributed by atoms with van der Waals surface area (Å²) in [5.41, 5.74) is 2.57. The highest BCUT2D eigenvalue weighted by molar-refractivity contribution is 7.99. The third-order valence-electron chi connectivity index (χ3n) is 5.35. The Hall–Kier alpha value is -2.68. The van der Waals surface area contributed by atoms with Crippen LogP contribution < -0.4 is 10.9 Å². The Morgan fingerprint density at radius 3 is 2.62 bits per heavy atom. The highest BCUT2D eigenvalue weighted by Crippen LogP contribution is 2.19. The second-order valence-corrected chi connectivity index (χ2v) is 8.73. The molecule has 1 aliphatic heterocycles. The summed E-state index contributed by atoms with van der Waals surface area (Å²) in [6, 6.07) is 15.3. The molecule has 0 spiro atoms. The molecule has 8 heteroatoms. The molecule has 2 heterocycles. The van der Waals surface area contributed by atoms with Crippen LogP contribution in [0.15, 0.2) is 58.5 Å². The average Bonchev–Trinajstić information content (AvgIpc) is 2.82.